The first kappa shape index (κ1) is 30.4. The van der Waals surface area contributed by atoms with E-state index in [1.165, 1.54) is 27.2 Å². The number of rotatable bonds is 9. The van der Waals surface area contributed by atoms with Gasteiger partial charge in [0.2, 0.25) is 0 Å². The summed E-state index contributed by atoms with van der Waals surface area (Å²) in [5.41, 5.74) is 8.59. The van der Waals surface area contributed by atoms with Crippen LogP contribution in [0.15, 0.2) is 60.7 Å². The predicted molar refractivity (Wildman–Crippen MR) is 153 cm³/mol. The number of primary amides is 1. The molecule has 0 spiro atoms. The molecule has 0 fully saturated rings. The molecule has 0 bridgehead atoms. The summed E-state index contributed by atoms with van der Waals surface area (Å²) in [6, 6.07) is 16.5. The van der Waals surface area contributed by atoms with Gasteiger partial charge in [-0.05, 0) is 60.0 Å². The number of nitrogens with two attached hydrogens (primary N) is 2. The van der Waals surface area contributed by atoms with E-state index in [1.807, 2.05) is 24.3 Å². The first-order valence-corrected chi connectivity index (χ1v) is 12.9. The lowest BCUT2D eigenvalue weighted by atomic mass is 9.97. The molecule has 0 aliphatic heterocycles. The Morgan fingerprint density at radius 2 is 1.45 bits per heavy atom. The Morgan fingerprint density at radius 3 is 1.88 bits per heavy atom. The lowest BCUT2D eigenvalue weighted by Gasteiger charge is -2.27. The highest BCUT2D eigenvalue weighted by Gasteiger charge is 2.39. The van der Waals surface area contributed by atoms with Crippen molar-refractivity contribution in [3.8, 4) is 22.8 Å². The summed E-state index contributed by atoms with van der Waals surface area (Å²) >= 11 is 6.26. The highest BCUT2D eigenvalue weighted by atomic mass is 35.5. The number of pyridine rings is 1. The van der Waals surface area contributed by atoms with E-state index in [0.29, 0.717) is 11.5 Å². The smallest absolute Gasteiger partial charge is 0.418 e. The minimum Gasteiger partial charge on any atom is -0.497 e. The summed E-state index contributed by atoms with van der Waals surface area (Å²) in [7, 11) is 3.07. The first-order valence-electron chi connectivity index (χ1n) is 12.5. The van der Waals surface area contributed by atoms with E-state index >= 15 is 4.39 Å². The van der Waals surface area contributed by atoms with Crippen LogP contribution in [0.4, 0.5) is 29.1 Å². The second-order valence-electron chi connectivity index (χ2n) is 9.44. The number of amides is 1. The molecular weight excluding hydrogens is 576 g/mol. The zero-order chi connectivity index (χ0) is 30.8. The SMILES string of the molecule is COc1ccc(CN(Cc2ccc(OC)cc2)c2cc(C)c(C(F)(F)F)c(-c3c(Cl)cc(C(N)=O)c(N)c3F)n2)cc1. The number of aryl methyl sites for hydroxylation is 1. The van der Waals surface area contributed by atoms with Crippen molar-refractivity contribution < 1.29 is 31.8 Å². The Labute approximate surface area is 244 Å². The number of hydrogen-bond donors (Lipinski definition) is 2. The maximum absolute atomic E-state index is 15.6. The largest absolute Gasteiger partial charge is 0.497 e. The van der Waals surface area contributed by atoms with Crippen molar-refractivity contribution in [2.24, 2.45) is 5.73 Å². The van der Waals surface area contributed by atoms with E-state index in [0.717, 1.165) is 17.2 Å². The van der Waals surface area contributed by atoms with Gasteiger partial charge in [0.05, 0.1) is 47.3 Å². The van der Waals surface area contributed by atoms with Crippen LogP contribution in [0.5, 0.6) is 11.5 Å². The molecule has 0 saturated carbocycles. The standard InChI is InChI=1S/C30H27ClF4N4O3/c1-16-12-23(38-28(25(16)30(33,34)35)24-22(31)13-21(29(37)40)27(36)26(24)32)39(14-17-4-8-19(41-2)9-5-17)15-18-6-10-20(42-3)11-7-18/h4-13H,14-15,36H2,1-3H3,(H2,37,40). The highest BCUT2D eigenvalue weighted by Crippen LogP contribution is 2.44. The van der Waals surface area contributed by atoms with Gasteiger partial charge in [-0.15, -0.1) is 0 Å². The maximum Gasteiger partial charge on any atom is 0.418 e. The fourth-order valence-electron chi connectivity index (χ4n) is 4.53. The molecule has 220 valence electrons. The fourth-order valence-corrected chi connectivity index (χ4v) is 4.81. The predicted octanol–water partition coefficient (Wildman–Crippen LogP) is 6.77. The van der Waals surface area contributed by atoms with E-state index in [1.54, 1.807) is 29.2 Å². The summed E-state index contributed by atoms with van der Waals surface area (Å²) in [6.45, 7) is 1.71. The van der Waals surface area contributed by atoms with Crippen molar-refractivity contribution in [1.29, 1.82) is 0 Å². The van der Waals surface area contributed by atoms with Crippen LogP contribution in [0.2, 0.25) is 5.02 Å². The minimum absolute atomic E-state index is 0.121. The van der Waals surface area contributed by atoms with Gasteiger partial charge in [0, 0.05) is 13.1 Å². The van der Waals surface area contributed by atoms with Gasteiger partial charge < -0.3 is 25.8 Å². The third kappa shape index (κ3) is 6.36. The molecule has 0 saturated heterocycles. The molecule has 0 aliphatic carbocycles. The van der Waals surface area contributed by atoms with Gasteiger partial charge in [-0.3, -0.25) is 4.79 Å². The zero-order valence-electron chi connectivity index (χ0n) is 22.9. The maximum atomic E-state index is 15.6. The van der Waals surface area contributed by atoms with Crippen LogP contribution in [0, 0.1) is 12.7 Å². The van der Waals surface area contributed by atoms with Crippen molar-refractivity contribution in [3.05, 3.63) is 99.3 Å². The second kappa shape index (κ2) is 12.2. The average Bonchev–Trinajstić information content (AvgIpc) is 2.94. The number of halogens is 5. The van der Waals surface area contributed by atoms with E-state index in [-0.39, 0.29) is 24.5 Å². The Morgan fingerprint density at radius 1 is 0.952 bits per heavy atom. The first-order chi connectivity index (χ1) is 19.8. The summed E-state index contributed by atoms with van der Waals surface area (Å²) in [5.74, 6) is -1.03. The normalized spacial score (nSPS) is 11.3. The number of carbonyl (C=O) groups is 1. The third-order valence-corrected chi connectivity index (χ3v) is 6.93. The van der Waals surface area contributed by atoms with Gasteiger partial charge >= 0.3 is 6.18 Å². The molecular formula is C30H27ClF4N4O3. The summed E-state index contributed by atoms with van der Waals surface area (Å²) in [6.07, 6.45) is -4.92. The van der Waals surface area contributed by atoms with Crippen molar-refractivity contribution in [2.45, 2.75) is 26.2 Å². The molecule has 0 radical (unpaired) electrons. The Hall–Kier alpha value is -4.51. The number of methoxy groups -OCH3 is 2. The monoisotopic (exact) mass is 602 g/mol. The van der Waals surface area contributed by atoms with Crippen LogP contribution in [-0.2, 0) is 19.3 Å². The van der Waals surface area contributed by atoms with Crippen LogP contribution in [0.25, 0.3) is 11.3 Å². The lowest BCUT2D eigenvalue weighted by Crippen LogP contribution is -2.25. The molecule has 12 heteroatoms. The molecule has 0 atom stereocenters. The van der Waals surface area contributed by atoms with Gasteiger partial charge in [-0.25, -0.2) is 9.37 Å². The third-order valence-electron chi connectivity index (χ3n) is 6.63. The van der Waals surface area contributed by atoms with Crippen LogP contribution in [0.3, 0.4) is 0 Å². The van der Waals surface area contributed by atoms with Gasteiger partial charge in [0.25, 0.3) is 5.91 Å². The van der Waals surface area contributed by atoms with Crippen LogP contribution < -0.4 is 25.8 Å². The molecule has 1 aromatic heterocycles. The molecule has 0 aliphatic rings. The van der Waals surface area contributed by atoms with E-state index in [2.05, 4.69) is 4.98 Å². The van der Waals surface area contributed by atoms with Gasteiger partial charge in [0.1, 0.15) is 17.3 Å². The van der Waals surface area contributed by atoms with Crippen molar-refractivity contribution in [1.82, 2.24) is 4.98 Å². The number of nitrogens with zero attached hydrogens (tertiary/aromatic N) is 2. The van der Waals surface area contributed by atoms with E-state index in [4.69, 9.17) is 32.5 Å². The zero-order valence-corrected chi connectivity index (χ0v) is 23.6. The molecule has 4 rings (SSSR count). The number of aromatic nitrogens is 1. The number of anilines is 2. The van der Waals surface area contributed by atoms with Crippen molar-refractivity contribution in [2.75, 3.05) is 24.9 Å². The Balaban J connectivity index is 1.93. The molecule has 4 aromatic rings. The van der Waals surface area contributed by atoms with Crippen LogP contribution in [-0.4, -0.2) is 25.1 Å². The number of hydrogen-bond acceptors (Lipinski definition) is 6. The van der Waals surface area contributed by atoms with Gasteiger partial charge in [0.15, 0.2) is 5.82 Å². The van der Waals surface area contributed by atoms with Crippen molar-refractivity contribution >= 4 is 29.0 Å². The van der Waals surface area contributed by atoms with Crippen LogP contribution >= 0.6 is 11.6 Å². The summed E-state index contributed by atoms with van der Waals surface area (Å²) in [4.78, 5) is 17.8. The topological polar surface area (TPSA) is 104 Å². The number of carbonyl (C=O) groups excluding carboxylic acids is 1. The molecule has 4 N–H and O–H groups in total. The minimum atomic E-state index is -4.92. The number of alkyl halides is 3. The molecule has 0 unspecified atom stereocenters. The molecule has 3 aromatic carbocycles. The van der Waals surface area contributed by atoms with E-state index < -0.39 is 51.0 Å². The lowest BCUT2D eigenvalue weighted by molar-refractivity contribution is -0.137. The quantitative estimate of drug-likeness (QED) is 0.162. The Kier molecular flexibility index (Phi) is 8.81. The van der Waals surface area contributed by atoms with Crippen molar-refractivity contribution in [3.63, 3.8) is 0 Å². The second-order valence-corrected chi connectivity index (χ2v) is 9.85. The molecule has 1 heterocycles. The van der Waals surface area contributed by atoms with Gasteiger partial charge in [-0.1, -0.05) is 35.9 Å². The average molecular weight is 603 g/mol. The fraction of sp³-hybridized carbons (Fsp3) is 0.200. The number of nitrogen functional groups attached to an aromatic ring is 1. The summed E-state index contributed by atoms with van der Waals surface area (Å²) < 4.78 is 69.2. The number of benzene rings is 3. The molecule has 7 nitrogen and oxygen atoms in total. The van der Waals surface area contributed by atoms with Crippen LogP contribution in [0.1, 0.15) is 32.6 Å². The molecule has 42 heavy (non-hydrogen) atoms. The highest BCUT2D eigenvalue weighted by molar-refractivity contribution is 6.34. The number of ether oxygens (including phenoxy) is 2. The Bertz CT molecular complexity index is 1560. The van der Waals surface area contributed by atoms with E-state index in [9.17, 15) is 18.0 Å². The van der Waals surface area contributed by atoms with Gasteiger partial charge in [-0.2, -0.15) is 13.2 Å². The molecule has 1 amide bonds. The summed E-state index contributed by atoms with van der Waals surface area (Å²) in [5, 5.41) is -0.498.